The Labute approximate surface area is 239 Å². The van der Waals surface area contributed by atoms with Crippen LogP contribution in [0.2, 0.25) is 0 Å². The Hall–Kier alpha value is -3.03. The Bertz CT molecular complexity index is 1520. The summed E-state index contributed by atoms with van der Waals surface area (Å²) in [6.07, 6.45) is 13.3. The number of nitrogens with one attached hydrogen (secondary N) is 1. The zero-order valence-corrected chi connectivity index (χ0v) is 24.7. The third kappa shape index (κ3) is 5.98. The van der Waals surface area contributed by atoms with Crippen LogP contribution in [0.4, 0.5) is 20.7 Å². The summed E-state index contributed by atoms with van der Waals surface area (Å²) in [4.78, 5) is 16.4. The predicted octanol–water partition coefficient (Wildman–Crippen LogP) is 4.53. The number of morpholine rings is 1. The van der Waals surface area contributed by atoms with Gasteiger partial charge in [0.1, 0.15) is 18.1 Å². The van der Waals surface area contributed by atoms with Gasteiger partial charge < -0.3 is 24.3 Å². The minimum absolute atomic E-state index is 0.0173. The van der Waals surface area contributed by atoms with Gasteiger partial charge in [0.2, 0.25) is 11.9 Å². The standard InChI is InChI=1S/C28H38F2N8O2S/c1-41(2,3)15-14-40-18-37-22-9-8-21(29)24(30)25(22)33-23(37)17-31-27-35-28(36-10-12-39-13-11-36)34-26-20(16-32-38(26)27)19-6-4-5-7-19/h8-9,16,19H,4-7,10-15,17-18H2,1-3H3,(H,31,34,35). The van der Waals surface area contributed by atoms with Crippen molar-refractivity contribution in [2.75, 3.05) is 67.6 Å². The van der Waals surface area contributed by atoms with Crippen molar-refractivity contribution in [3.05, 3.63) is 41.4 Å². The van der Waals surface area contributed by atoms with Crippen LogP contribution < -0.4 is 10.2 Å². The average Bonchev–Trinajstić information content (AvgIpc) is 3.71. The van der Waals surface area contributed by atoms with Crippen LogP contribution >= 0.6 is 10.0 Å². The van der Waals surface area contributed by atoms with Crippen molar-refractivity contribution in [3.8, 4) is 0 Å². The fraction of sp³-hybridized carbons (Fsp3) is 0.571. The van der Waals surface area contributed by atoms with Crippen LogP contribution in [0.1, 0.15) is 43.0 Å². The van der Waals surface area contributed by atoms with Gasteiger partial charge in [0.25, 0.3) is 0 Å². The van der Waals surface area contributed by atoms with E-state index in [1.54, 1.807) is 15.1 Å². The lowest BCUT2D eigenvalue weighted by Crippen LogP contribution is -2.37. The largest absolute Gasteiger partial charge is 0.378 e. The lowest BCUT2D eigenvalue weighted by Gasteiger charge is -2.27. The van der Waals surface area contributed by atoms with E-state index in [0.29, 0.717) is 62.1 Å². The number of hydrogen-bond acceptors (Lipinski definition) is 8. The monoisotopic (exact) mass is 588 g/mol. The van der Waals surface area contributed by atoms with Gasteiger partial charge in [-0.1, -0.05) is 12.8 Å². The molecule has 10 nitrogen and oxygen atoms in total. The number of anilines is 2. The molecular weight excluding hydrogens is 550 g/mol. The Morgan fingerprint density at radius 2 is 1.85 bits per heavy atom. The first-order valence-electron chi connectivity index (χ1n) is 14.2. The van der Waals surface area contributed by atoms with E-state index in [1.165, 1.54) is 12.8 Å². The molecule has 0 amide bonds. The highest BCUT2D eigenvalue weighted by Crippen LogP contribution is 2.36. The van der Waals surface area contributed by atoms with E-state index in [2.05, 4.69) is 39.1 Å². The van der Waals surface area contributed by atoms with Gasteiger partial charge >= 0.3 is 0 Å². The van der Waals surface area contributed by atoms with E-state index in [1.807, 2.05) is 6.20 Å². The van der Waals surface area contributed by atoms with Crippen molar-refractivity contribution in [2.24, 2.45) is 0 Å². The van der Waals surface area contributed by atoms with E-state index >= 15 is 0 Å². The maximum atomic E-state index is 14.8. The highest BCUT2D eigenvalue weighted by molar-refractivity contribution is 8.32. The number of halogens is 2. The SMILES string of the molecule is CS(C)(C)CCOCn1c(CNc2nc(N3CCOCC3)nc3c(C4CCCC4)cnn23)nc2c(F)c(F)ccc21. The van der Waals surface area contributed by atoms with Gasteiger partial charge in [-0.05, 0) is 49.7 Å². The molecule has 3 aromatic heterocycles. The van der Waals surface area contributed by atoms with Crippen molar-refractivity contribution in [2.45, 2.75) is 44.9 Å². The topological polar surface area (TPSA) is 94.6 Å². The Morgan fingerprint density at radius 1 is 1.07 bits per heavy atom. The molecule has 1 aliphatic heterocycles. The molecule has 0 radical (unpaired) electrons. The van der Waals surface area contributed by atoms with E-state index in [4.69, 9.17) is 19.4 Å². The molecule has 1 aromatic carbocycles. The van der Waals surface area contributed by atoms with Gasteiger partial charge in [-0.3, -0.25) is 0 Å². The predicted molar refractivity (Wildman–Crippen MR) is 158 cm³/mol. The second-order valence-corrected chi connectivity index (χ2v) is 16.2. The van der Waals surface area contributed by atoms with Crippen LogP contribution in [0.5, 0.6) is 0 Å². The van der Waals surface area contributed by atoms with Crippen molar-refractivity contribution in [3.63, 3.8) is 0 Å². The minimum Gasteiger partial charge on any atom is -0.378 e. The van der Waals surface area contributed by atoms with Gasteiger partial charge in [0, 0.05) is 24.4 Å². The van der Waals surface area contributed by atoms with Crippen molar-refractivity contribution in [1.29, 1.82) is 0 Å². The van der Waals surface area contributed by atoms with Crippen LogP contribution in [0.15, 0.2) is 18.3 Å². The summed E-state index contributed by atoms with van der Waals surface area (Å²) >= 11 is 0. The smallest absolute Gasteiger partial charge is 0.230 e. The zero-order valence-electron chi connectivity index (χ0n) is 23.9. The minimum atomic E-state index is -0.964. The number of benzene rings is 1. The molecule has 1 saturated carbocycles. The molecule has 6 rings (SSSR count). The van der Waals surface area contributed by atoms with Crippen molar-refractivity contribution < 1.29 is 18.3 Å². The molecule has 1 aliphatic carbocycles. The first kappa shape index (κ1) is 28.1. The molecule has 1 N–H and O–H groups in total. The molecule has 0 atom stereocenters. The molecule has 41 heavy (non-hydrogen) atoms. The normalized spacial score (nSPS) is 17.2. The Balaban J connectivity index is 1.33. The third-order valence-electron chi connectivity index (χ3n) is 7.83. The third-order valence-corrected chi connectivity index (χ3v) is 9.22. The molecule has 1 saturated heterocycles. The fourth-order valence-corrected chi connectivity index (χ4v) is 6.13. The molecule has 4 aromatic rings. The summed E-state index contributed by atoms with van der Waals surface area (Å²) in [5.74, 6) is 1.14. The quantitative estimate of drug-likeness (QED) is 0.270. The molecule has 2 aliphatic rings. The molecule has 0 bridgehead atoms. The van der Waals surface area contributed by atoms with Crippen molar-refractivity contribution in [1.82, 2.24) is 29.1 Å². The number of nitrogens with zero attached hydrogens (tertiary/aromatic N) is 7. The van der Waals surface area contributed by atoms with Crippen molar-refractivity contribution >= 4 is 38.6 Å². The summed E-state index contributed by atoms with van der Waals surface area (Å²) < 4.78 is 43.9. The van der Waals surface area contributed by atoms with Crippen LogP contribution in [0.25, 0.3) is 16.7 Å². The Morgan fingerprint density at radius 3 is 2.61 bits per heavy atom. The summed E-state index contributed by atoms with van der Waals surface area (Å²) in [5, 5.41) is 8.04. The maximum absolute atomic E-state index is 14.8. The van der Waals surface area contributed by atoms with Crippen LogP contribution in [0, 0.1) is 11.6 Å². The second kappa shape index (κ2) is 11.7. The first-order valence-corrected chi connectivity index (χ1v) is 17.2. The lowest BCUT2D eigenvalue weighted by molar-refractivity contribution is 0.0905. The van der Waals surface area contributed by atoms with Gasteiger partial charge in [-0.2, -0.15) is 19.6 Å². The molecule has 2 fully saturated rings. The highest BCUT2D eigenvalue weighted by Gasteiger charge is 2.25. The summed E-state index contributed by atoms with van der Waals surface area (Å²) in [6, 6.07) is 2.67. The van der Waals surface area contributed by atoms with Crippen LogP contribution in [-0.2, 0) is 22.7 Å². The van der Waals surface area contributed by atoms with Crippen LogP contribution in [-0.4, -0.2) is 86.6 Å². The number of rotatable bonds is 10. The number of ether oxygens (including phenoxy) is 2. The molecule has 222 valence electrons. The highest BCUT2D eigenvalue weighted by atomic mass is 32.3. The van der Waals surface area contributed by atoms with Gasteiger partial charge in [-0.25, -0.2) is 23.8 Å². The lowest BCUT2D eigenvalue weighted by atomic mass is 10.0. The number of fused-ring (bicyclic) bond motifs is 2. The fourth-order valence-electron chi connectivity index (χ4n) is 5.51. The molecule has 0 spiro atoms. The first-order chi connectivity index (χ1) is 19.8. The van der Waals surface area contributed by atoms with Gasteiger partial charge in [0.05, 0.1) is 38.1 Å². The molecular formula is C28H38F2N8O2S. The van der Waals surface area contributed by atoms with Crippen LogP contribution in [0.3, 0.4) is 0 Å². The van der Waals surface area contributed by atoms with E-state index < -0.39 is 21.7 Å². The second-order valence-electron chi connectivity index (χ2n) is 11.6. The summed E-state index contributed by atoms with van der Waals surface area (Å²) in [5.41, 5.74) is 2.40. The average molecular weight is 589 g/mol. The molecule has 0 unspecified atom stereocenters. The van der Waals surface area contributed by atoms with Gasteiger partial charge in [-0.15, -0.1) is 0 Å². The molecule has 4 heterocycles. The number of aromatic nitrogens is 6. The number of hydrogen-bond donors (Lipinski definition) is 1. The molecule has 13 heteroatoms. The van der Waals surface area contributed by atoms with E-state index in [-0.39, 0.29) is 18.8 Å². The maximum Gasteiger partial charge on any atom is 0.230 e. The van der Waals surface area contributed by atoms with E-state index in [0.717, 1.165) is 35.9 Å². The zero-order chi connectivity index (χ0) is 28.6. The number of imidazole rings is 1. The van der Waals surface area contributed by atoms with Gasteiger partial charge in [0.15, 0.2) is 17.3 Å². The van der Waals surface area contributed by atoms with E-state index in [9.17, 15) is 8.78 Å². The summed E-state index contributed by atoms with van der Waals surface area (Å²) in [6.45, 7) is 3.61. The summed E-state index contributed by atoms with van der Waals surface area (Å²) in [7, 11) is -0.723. The Kier molecular flexibility index (Phi) is 8.01.